The molecule has 0 aliphatic carbocycles. The van der Waals surface area contributed by atoms with Crippen LogP contribution in [-0.4, -0.2) is 47.1 Å². The van der Waals surface area contributed by atoms with E-state index in [0.717, 1.165) is 31.3 Å². The Labute approximate surface area is 108 Å². The molecule has 3 nitrogen and oxygen atoms in total. The van der Waals surface area contributed by atoms with Crippen molar-refractivity contribution in [2.45, 2.75) is 25.9 Å². The van der Waals surface area contributed by atoms with Gasteiger partial charge in [-0.25, -0.2) is 4.39 Å². The van der Waals surface area contributed by atoms with Crippen LogP contribution in [0.25, 0.3) is 0 Å². The number of hydrogen-bond acceptors (Lipinski definition) is 3. The van der Waals surface area contributed by atoms with Crippen LogP contribution in [0, 0.1) is 5.82 Å². The lowest BCUT2D eigenvalue weighted by Crippen LogP contribution is -2.57. The third kappa shape index (κ3) is 3.00. The van der Waals surface area contributed by atoms with Gasteiger partial charge in [0.05, 0.1) is 0 Å². The highest BCUT2D eigenvalue weighted by Gasteiger charge is 2.30. The molecule has 0 spiro atoms. The summed E-state index contributed by atoms with van der Waals surface area (Å²) in [5.41, 5.74) is 0.959. The van der Waals surface area contributed by atoms with Crippen molar-refractivity contribution in [2.75, 3.05) is 26.7 Å². The Morgan fingerprint density at radius 1 is 1.28 bits per heavy atom. The highest BCUT2D eigenvalue weighted by atomic mass is 19.1. The molecule has 1 aromatic carbocycles. The van der Waals surface area contributed by atoms with Crippen LogP contribution in [0.4, 0.5) is 4.39 Å². The SMILES string of the molecule is CN1CCN(Cc2cc(O)cc(F)c2)CC1(C)C. The molecule has 1 aliphatic heterocycles. The average molecular weight is 252 g/mol. The normalized spacial score (nSPS) is 21.1. The molecule has 0 saturated carbocycles. The minimum atomic E-state index is -0.376. The molecule has 0 bridgehead atoms. The quantitative estimate of drug-likeness (QED) is 0.872. The molecule has 1 heterocycles. The Balaban J connectivity index is 2.06. The average Bonchev–Trinajstić information content (AvgIpc) is 2.21. The lowest BCUT2D eigenvalue weighted by Gasteiger charge is -2.45. The molecule has 1 aliphatic rings. The molecule has 18 heavy (non-hydrogen) atoms. The maximum absolute atomic E-state index is 13.2. The van der Waals surface area contributed by atoms with Crippen LogP contribution in [0.5, 0.6) is 5.75 Å². The maximum Gasteiger partial charge on any atom is 0.127 e. The van der Waals surface area contributed by atoms with Crippen LogP contribution >= 0.6 is 0 Å². The summed E-state index contributed by atoms with van der Waals surface area (Å²) in [5.74, 6) is -0.378. The zero-order valence-corrected chi connectivity index (χ0v) is 11.3. The van der Waals surface area contributed by atoms with E-state index < -0.39 is 0 Å². The first-order valence-corrected chi connectivity index (χ1v) is 6.29. The van der Waals surface area contributed by atoms with Gasteiger partial charge in [-0.3, -0.25) is 9.80 Å². The van der Waals surface area contributed by atoms with E-state index in [-0.39, 0.29) is 17.1 Å². The lowest BCUT2D eigenvalue weighted by atomic mass is 9.99. The molecular weight excluding hydrogens is 231 g/mol. The van der Waals surface area contributed by atoms with Crippen molar-refractivity contribution in [3.8, 4) is 5.75 Å². The fraction of sp³-hybridized carbons (Fsp3) is 0.571. The van der Waals surface area contributed by atoms with Gasteiger partial charge in [0.25, 0.3) is 0 Å². The molecule has 1 saturated heterocycles. The van der Waals surface area contributed by atoms with Crippen LogP contribution in [0.3, 0.4) is 0 Å². The summed E-state index contributed by atoms with van der Waals surface area (Å²) in [6, 6.07) is 4.26. The monoisotopic (exact) mass is 252 g/mol. The summed E-state index contributed by atoms with van der Waals surface area (Å²) >= 11 is 0. The van der Waals surface area contributed by atoms with E-state index in [4.69, 9.17) is 0 Å². The van der Waals surface area contributed by atoms with Gasteiger partial charge in [-0.05, 0) is 38.6 Å². The second-order valence-corrected chi connectivity index (χ2v) is 5.76. The number of rotatable bonds is 2. The van der Waals surface area contributed by atoms with Crippen molar-refractivity contribution in [1.82, 2.24) is 9.80 Å². The molecule has 0 atom stereocenters. The summed E-state index contributed by atoms with van der Waals surface area (Å²) in [4.78, 5) is 4.64. The third-order valence-electron chi connectivity index (χ3n) is 3.74. The number of aromatic hydroxyl groups is 1. The van der Waals surface area contributed by atoms with E-state index in [0.29, 0.717) is 6.54 Å². The van der Waals surface area contributed by atoms with E-state index >= 15 is 0 Å². The number of phenols is 1. The molecule has 0 radical (unpaired) electrons. The number of phenolic OH excluding ortho intramolecular Hbond substituents is 1. The summed E-state index contributed by atoms with van der Waals surface area (Å²) in [6.07, 6.45) is 0. The summed E-state index contributed by atoms with van der Waals surface area (Å²) in [5, 5.41) is 9.40. The van der Waals surface area contributed by atoms with Crippen molar-refractivity contribution >= 4 is 0 Å². The van der Waals surface area contributed by atoms with Crippen molar-refractivity contribution in [1.29, 1.82) is 0 Å². The van der Waals surface area contributed by atoms with Crippen molar-refractivity contribution in [3.63, 3.8) is 0 Å². The van der Waals surface area contributed by atoms with Crippen LogP contribution in [0.15, 0.2) is 18.2 Å². The Morgan fingerprint density at radius 3 is 2.61 bits per heavy atom. The van der Waals surface area contributed by atoms with E-state index in [2.05, 4.69) is 30.7 Å². The predicted octanol–water partition coefficient (Wildman–Crippen LogP) is 2.06. The van der Waals surface area contributed by atoms with E-state index in [1.807, 2.05) is 0 Å². The van der Waals surface area contributed by atoms with Gasteiger partial charge < -0.3 is 5.11 Å². The molecule has 1 N–H and O–H groups in total. The van der Waals surface area contributed by atoms with E-state index in [1.165, 1.54) is 6.07 Å². The van der Waals surface area contributed by atoms with Gasteiger partial charge in [0.15, 0.2) is 0 Å². The van der Waals surface area contributed by atoms with Gasteiger partial charge in [0.2, 0.25) is 0 Å². The molecule has 4 heteroatoms. The number of hydrogen-bond donors (Lipinski definition) is 1. The van der Waals surface area contributed by atoms with Gasteiger partial charge in [-0.2, -0.15) is 0 Å². The minimum Gasteiger partial charge on any atom is -0.508 e. The topological polar surface area (TPSA) is 26.7 Å². The van der Waals surface area contributed by atoms with Crippen LogP contribution in [0.1, 0.15) is 19.4 Å². The number of halogens is 1. The summed E-state index contributed by atoms with van der Waals surface area (Å²) < 4.78 is 13.2. The molecule has 1 fully saturated rings. The van der Waals surface area contributed by atoms with Crippen LogP contribution < -0.4 is 0 Å². The minimum absolute atomic E-state index is 0.00149. The Bertz CT molecular complexity index is 414. The Morgan fingerprint density at radius 2 is 2.00 bits per heavy atom. The predicted molar refractivity (Wildman–Crippen MR) is 70.1 cm³/mol. The fourth-order valence-electron chi connectivity index (χ4n) is 2.46. The standard InChI is InChI=1S/C14H21FN2O/c1-14(2)10-17(5-4-16(14)3)9-11-6-12(15)8-13(18)7-11/h6-8,18H,4-5,9-10H2,1-3H3. The summed E-state index contributed by atoms with van der Waals surface area (Å²) in [6.45, 7) is 8.03. The third-order valence-corrected chi connectivity index (χ3v) is 3.74. The van der Waals surface area contributed by atoms with Gasteiger partial charge in [0, 0.05) is 37.8 Å². The first-order chi connectivity index (χ1) is 8.37. The maximum atomic E-state index is 13.2. The number of benzene rings is 1. The Hall–Kier alpha value is -1.13. The van der Waals surface area contributed by atoms with Crippen molar-refractivity contribution in [2.24, 2.45) is 0 Å². The largest absolute Gasteiger partial charge is 0.508 e. The highest BCUT2D eigenvalue weighted by Crippen LogP contribution is 2.22. The second kappa shape index (κ2) is 4.86. The van der Waals surface area contributed by atoms with Crippen LogP contribution in [-0.2, 0) is 6.54 Å². The molecule has 2 rings (SSSR count). The smallest absolute Gasteiger partial charge is 0.127 e. The lowest BCUT2D eigenvalue weighted by molar-refractivity contribution is 0.0359. The zero-order valence-electron chi connectivity index (χ0n) is 11.3. The number of likely N-dealkylation sites (N-methyl/N-ethyl adjacent to an activating group) is 1. The van der Waals surface area contributed by atoms with E-state index in [1.54, 1.807) is 6.07 Å². The summed E-state index contributed by atoms with van der Waals surface area (Å²) in [7, 11) is 2.13. The first kappa shape index (κ1) is 13.3. The molecule has 0 unspecified atom stereocenters. The number of nitrogens with zero attached hydrogens (tertiary/aromatic N) is 2. The first-order valence-electron chi connectivity index (χ1n) is 6.29. The molecule has 100 valence electrons. The van der Waals surface area contributed by atoms with Crippen molar-refractivity contribution < 1.29 is 9.50 Å². The van der Waals surface area contributed by atoms with Gasteiger partial charge in [0.1, 0.15) is 11.6 Å². The van der Waals surface area contributed by atoms with Gasteiger partial charge in [-0.1, -0.05) is 0 Å². The molecule has 0 aromatic heterocycles. The number of piperazine rings is 1. The van der Waals surface area contributed by atoms with Crippen molar-refractivity contribution in [3.05, 3.63) is 29.6 Å². The zero-order chi connectivity index (χ0) is 13.3. The second-order valence-electron chi connectivity index (χ2n) is 5.76. The highest BCUT2D eigenvalue weighted by molar-refractivity contribution is 5.28. The van der Waals surface area contributed by atoms with E-state index in [9.17, 15) is 9.50 Å². The van der Waals surface area contributed by atoms with Gasteiger partial charge in [-0.15, -0.1) is 0 Å². The fourth-order valence-corrected chi connectivity index (χ4v) is 2.46. The Kier molecular flexibility index (Phi) is 3.59. The molecule has 0 amide bonds. The van der Waals surface area contributed by atoms with Crippen LogP contribution in [0.2, 0.25) is 0 Å². The molecule has 1 aromatic rings. The van der Waals surface area contributed by atoms with Gasteiger partial charge >= 0.3 is 0 Å². The molecular formula is C14H21FN2O.